The maximum atomic E-state index is 10.9. The van der Waals surface area contributed by atoms with Crippen LogP contribution >= 0.6 is 0 Å². The molecule has 0 aromatic heterocycles. The molecule has 5 nitrogen and oxygen atoms in total. The van der Waals surface area contributed by atoms with Gasteiger partial charge in [0.25, 0.3) is 0 Å². The van der Waals surface area contributed by atoms with Crippen LogP contribution in [-0.4, -0.2) is 37.6 Å². The Labute approximate surface area is 134 Å². The summed E-state index contributed by atoms with van der Waals surface area (Å²) in [5.41, 5.74) is -0.860. The Morgan fingerprint density at radius 1 is 1.18 bits per heavy atom. The molecule has 0 heterocycles. The fourth-order valence-corrected chi connectivity index (χ4v) is 3.15. The highest BCUT2D eigenvalue weighted by atomic mass is 28.4. The maximum absolute atomic E-state index is 10.9. The van der Waals surface area contributed by atoms with Crippen molar-refractivity contribution in [1.29, 1.82) is 0 Å². The van der Waals surface area contributed by atoms with E-state index >= 15 is 0 Å². The average molecular weight is 328 g/mol. The highest BCUT2D eigenvalue weighted by molar-refractivity contribution is 6.74. The van der Waals surface area contributed by atoms with Gasteiger partial charge in [0.2, 0.25) is 0 Å². The fourth-order valence-electron chi connectivity index (χ4n) is 1.56. The Kier molecular flexibility index (Phi) is 7.32. The summed E-state index contributed by atoms with van der Waals surface area (Å²) in [6.07, 6.45) is 0.273. The van der Waals surface area contributed by atoms with Crippen LogP contribution in [0.15, 0.2) is 0 Å². The predicted octanol–water partition coefficient (Wildman–Crippen LogP) is 3.20. The number of carbonyl (C=O) groups excluding carboxylic acids is 1. The molecule has 0 radical (unpaired) electrons. The Balaban J connectivity index is 5.16. The maximum Gasteiger partial charge on any atom is 0.303 e. The monoisotopic (exact) mass is 328 g/mol. The van der Waals surface area contributed by atoms with Crippen molar-refractivity contribution in [3.8, 4) is 11.8 Å². The molecule has 126 valence electrons. The number of hydrogen-bond donors (Lipinski definition) is 1. The van der Waals surface area contributed by atoms with Gasteiger partial charge in [-0.15, -0.1) is 0 Å². The van der Waals surface area contributed by atoms with E-state index in [1.807, 2.05) is 0 Å². The molecule has 0 rings (SSSR count). The third kappa shape index (κ3) is 7.62. The van der Waals surface area contributed by atoms with Gasteiger partial charge in [-0.3, -0.25) is 9.59 Å². The lowest BCUT2D eigenvalue weighted by molar-refractivity contribution is -0.139. The first-order valence-electron chi connectivity index (χ1n) is 7.34. The van der Waals surface area contributed by atoms with Gasteiger partial charge in [-0.25, -0.2) is 0 Å². The molecule has 1 unspecified atom stereocenters. The molecule has 0 bridgehead atoms. The van der Waals surface area contributed by atoms with Gasteiger partial charge in [-0.1, -0.05) is 32.6 Å². The summed E-state index contributed by atoms with van der Waals surface area (Å²) < 4.78 is 11.1. The van der Waals surface area contributed by atoms with E-state index in [9.17, 15) is 9.59 Å². The molecule has 6 heteroatoms. The smallest absolute Gasteiger partial charge is 0.303 e. The van der Waals surface area contributed by atoms with Crippen LogP contribution in [0.4, 0.5) is 0 Å². The highest BCUT2D eigenvalue weighted by Gasteiger charge is 2.42. The van der Waals surface area contributed by atoms with E-state index in [1.54, 1.807) is 6.92 Å². The summed E-state index contributed by atoms with van der Waals surface area (Å²) in [6, 6.07) is 0. The van der Waals surface area contributed by atoms with E-state index in [-0.39, 0.29) is 18.1 Å². The van der Waals surface area contributed by atoms with Crippen LogP contribution in [0.1, 0.15) is 47.5 Å². The minimum Gasteiger partial charge on any atom is -0.481 e. The lowest BCUT2D eigenvalue weighted by atomic mass is 10.0. The molecule has 0 saturated heterocycles. The summed E-state index contributed by atoms with van der Waals surface area (Å²) in [5.74, 6) is 4.44. The molecule has 0 aliphatic carbocycles. The summed E-state index contributed by atoms with van der Waals surface area (Å²) in [5, 5.41) is 8.91. The van der Waals surface area contributed by atoms with Crippen LogP contribution in [-0.2, 0) is 18.8 Å². The number of rotatable bonds is 6. The third-order valence-corrected chi connectivity index (χ3v) is 8.38. The van der Waals surface area contributed by atoms with Gasteiger partial charge in [-0.05, 0) is 31.5 Å². The topological polar surface area (TPSA) is 72.8 Å². The van der Waals surface area contributed by atoms with Crippen LogP contribution in [0.5, 0.6) is 0 Å². The van der Waals surface area contributed by atoms with Crippen molar-refractivity contribution < 1.29 is 23.9 Å². The Morgan fingerprint density at radius 2 is 1.73 bits per heavy atom. The second-order valence-electron chi connectivity index (χ2n) is 7.07. The van der Waals surface area contributed by atoms with Crippen molar-refractivity contribution in [3.05, 3.63) is 0 Å². The van der Waals surface area contributed by atoms with Crippen LogP contribution < -0.4 is 0 Å². The summed E-state index contributed by atoms with van der Waals surface area (Å²) in [7, 11) is -2.10. The van der Waals surface area contributed by atoms with E-state index in [0.717, 1.165) is 0 Å². The van der Waals surface area contributed by atoms with Gasteiger partial charge in [0, 0.05) is 13.3 Å². The summed E-state index contributed by atoms with van der Waals surface area (Å²) >= 11 is 0. The molecular weight excluding hydrogens is 300 g/mol. The lowest BCUT2D eigenvalue weighted by Gasteiger charge is -2.42. The van der Waals surface area contributed by atoms with Gasteiger partial charge in [-0.2, -0.15) is 0 Å². The number of ether oxygens (including phenoxy) is 1. The van der Waals surface area contributed by atoms with Gasteiger partial charge >= 0.3 is 11.9 Å². The molecular formula is C16H28O5Si. The molecule has 1 N–H and O–H groups in total. The first kappa shape index (κ1) is 20.7. The quantitative estimate of drug-likeness (QED) is 0.460. The standard InChI is InChI=1S/C16H28O5Si/c1-13(17)20-12-8-10-16(5,11-9-14(18)19)21-22(6,7)15(2,3)4/h9,11-12H2,1-7H3,(H,18,19). The molecule has 0 spiro atoms. The molecule has 0 saturated carbocycles. The van der Waals surface area contributed by atoms with Crippen molar-refractivity contribution in [3.63, 3.8) is 0 Å². The molecule has 0 aromatic carbocycles. The highest BCUT2D eigenvalue weighted by Crippen LogP contribution is 2.39. The van der Waals surface area contributed by atoms with Crippen LogP contribution in [0, 0.1) is 11.8 Å². The number of esters is 1. The first-order valence-corrected chi connectivity index (χ1v) is 10.3. The minimum absolute atomic E-state index is 0.00491. The first-order chi connectivity index (χ1) is 9.79. The molecule has 0 amide bonds. The SMILES string of the molecule is CC(=O)OCC#CC(C)(CCC(=O)O)O[Si](C)(C)C(C)(C)C. The Morgan fingerprint density at radius 3 is 2.14 bits per heavy atom. The molecule has 0 aliphatic heterocycles. The number of hydrogen-bond acceptors (Lipinski definition) is 4. The summed E-state index contributed by atoms with van der Waals surface area (Å²) in [4.78, 5) is 21.6. The Bertz CT molecular complexity index is 467. The summed E-state index contributed by atoms with van der Waals surface area (Å²) in [6.45, 7) is 13.6. The zero-order valence-corrected chi connectivity index (χ0v) is 15.7. The predicted molar refractivity (Wildman–Crippen MR) is 88.0 cm³/mol. The van der Waals surface area contributed by atoms with E-state index < -0.39 is 25.9 Å². The molecule has 22 heavy (non-hydrogen) atoms. The number of carbonyl (C=O) groups is 2. The van der Waals surface area contributed by atoms with E-state index in [1.165, 1.54) is 6.92 Å². The van der Waals surface area contributed by atoms with Crippen molar-refractivity contribution >= 4 is 20.3 Å². The Hall–Kier alpha value is -1.32. The number of carboxylic acids is 1. The van der Waals surface area contributed by atoms with E-state index in [4.69, 9.17) is 14.3 Å². The van der Waals surface area contributed by atoms with E-state index in [0.29, 0.717) is 6.42 Å². The molecule has 0 fully saturated rings. The van der Waals surface area contributed by atoms with Crippen LogP contribution in [0.25, 0.3) is 0 Å². The van der Waals surface area contributed by atoms with Gasteiger partial charge in [0.15, 0.2) is 14.9 Å². The van der Waals surface area contributed by atoms with Crippen molar-refractivity contribution in [2.75, 3.05) is 6.61 Å². The molecule has 0 aliphatic rings. The largest absolute Gasteiger partial charge is 0.481 e. The van der Waals surface area contributed by atoms with Crippen LogP contribution in [0.2, 0.25) is 18.1 Å². The number of aliphatic carboxylic acids is 1. The zero-order chi connectivity index (χ0) is 17.6. The van der Waals surface area contributed by atoms with Gasteiger partial charge < -0.3 is 14.3 Å². The van der Waals surface area contributed by atoms with Gasteiger partial charge in [0.1, 0.15) is 5.60 Å². The average Bonchev–Trinajstić information content (AvgIpc) is 2.30. The normalized spacial score (nSPS) is 14.5. The fraction of sp³-hybridized carbons (Fsp3) is 0.750. The zero-order valence-electron chi connectivity index (χ0n) is 14.7. The van der Waals surface area contributed by atoms with Crippen molar-refractivity contribution in [2.24, 2.45) is 0 Å². The molecule has 0 aromatic rings. The van der Waals surface area contributed by atoms with E-state index in [2.05, 4.69) is 45.7 Å². The van der Waals surface area contributed by atoms with Crippen LogP contribution in [0.3, 0.4) is 0 Å². The number of carboxylic acid groups (broad SMARTS) is 1. The molecule has 1 atom stereocenters. The second-order valence-corrected chi connectivity index (χ2v) is 11.8. The minimum atomic E-state index is -2.10. The van der Waals surface area contributed by atoms with Crippen molar-refractivity contribution in [2.45, 2.75) is 71.2 Å². The third-order valence-electron chi connectivity index (χ3n) is 3.80. The second kappa shape index (κ2) is 7.79. The van der Waals surface area contributed by atoms with Gasteiger partial charge in [0.05, 0.1) is 0 Å². The lowest BCUT2D eigenvalue weighted by Crippen LogP contribution is -2.48. The van der Waals surface area contributed by atoms with Crippen molar-refractivity contribution in [1.82, 2.24) is 0 Å².